The van der Waals surface area contributed by atoms with Gasteiger partial charge >= 0.3 is 5.97 Å². The zero-order valence-corrected chi connectivity index (χ0v) is 13.7. The maximum Gasteiger partial charge on any atom is 0.308 e. The molecule has 0 radical (unpaired) electrons. The number of aromatic nitrogens is 1. The molecule has 0 bridgehead atoms. The van der Waals surface area contributed by atoms with Gasteiger partial charge in [-0.2, -0.15) is 5.26 Å². The Morgan fingerprint density at radius 2 is 1.92 bits per heavy atom. The molecule has 126 valence electrons. The van der Waals surface area contributed by atoms with E-state index >= 15 is 0 Å². The first-order valence-corrected chi connectivity index (χ1v) is 7.96. The van der Waals surface area contributed by atoms with Crippen LogP contribution in [0.1, 0.15) is 33.2 Å². The van der Waals surface area contributed by atoms with E-state index in [0.717, 1.165) is 5.56 Å². The smallest absolute Gasteiger partial charge is 0.308 e. The van der Waals surface area contributed by atoms with E-state index < -0.39 is 11.9 Å². The summed E-state index contributed by atoms with van der Waals surface area (Å²) in [7, 11) is 0. The van der Waals surface area contributed by atoms with Gasteiger partial charge in [0.25, 0.3) is 5.91 Å². The number of carbonyl (C=O) groups is 2. The number of aryl methyl sites for hydroxylation is 1. The number of carboxylic acids is 1. The summed E-state index contributed by atoms with van der Waals surface area (Å²) >= 11 is 0. The molecule has 2 atom stereocenters. The van der Waals surface area contributed by atoms with Gasteiger partial charge in [-0.05, 0) is 24.6 Å². The maximum absolute atomic E-state index is 12.7. The van der Waals surface area contributed by atoms with Crippen LogP contribution in [0, 0.1) is 24.2 Å². The lowest BCUT2D eigenvalue weighted by molar-refractivity contribution is -0.141. The Hall–Kier alpha value is -3.20. The molecule has 1 fully saturated rings. The number of benzene rings is 1. The predicted molar refractivity (Wildman–Crippen MR) is 89.9 cm³/mol. The molecular weight excluding hydrogens is 318 g/mol. The molecule has 2 aromatic rings. The fourth-order valence-corrected chi connectivity index (χ4v) is 3.22. The molecule has 3 rings (SSSR count). The van der Waals surface area contributed by atoms with Gasteiger partial charge in [0.15, 0.2) is 0 Å². The van der Waals surface area contributed by atoms with Gasteiger partial charge < -0.3 is 10.0 Å². The van der Waals surface area contributed by atoms with Gasteiger partial charge in [0.05, 0.1) is 17.2 Å². The van der Waals surface area contributed by atoms with Crippen molar-refractivity contribution in [3.63, 3.8) is 0 Å². The van der Waals surface area contributed by atoms with Crippen LogP contribution in [0.4, 0.5) is 0 Å². The van der Waals surface area contributed by atoms with Crippen molar-refractivity contribution in [1.82, 2.24) is 9.88 Å². The monoisotopic (exact) mass is 335 g/mol. The molecule has 1 saturated heterocycles. The summed E-state index contributed by atoms with van der Waals surface area (Å²) in [5.41, 5.74) is 2.05. The maximum atomic E-state index is 12.7. The van der Waals surface area contributed by atoms with Gasteiger partial charge in [-0.15, -0.1) is 0 Å². The Balaban J connectivity index is 1.86. The fourth-order valence-electron chi connectivity index (χ4n) is 3.22. The number of nitriles is 1. The number of likely N-dealkylation sites (tertiary alicyclic amines) is 1. The average Bonchev–Trinajstić information content (AvgIpc) is 3.07. The van der Waals surface area contributed by atoms with Crippen LogP contribution in [0.2, 0.25) is 0 Å². The molecule has 1 N–H and O–H groups in total. The van der Waals surface area contributed by atoms with E-state index in [1.54, 1.807) is 13.0 Å². The Labute approximate surface area is 145 Å². The highest BCUT2D eigenvalue weighted by atomic mass is 16.4. The van der Waals surface area contributed by atoms with Crippen LogP contribution >= 0.6 is 0 Å². The number of aliphatic carboxylic acids is 1. The van der Waals surface area contributed by atoms with E-state index in [0.29, 0.717) is 17.8 Å². The number of pyridine rings is 1. The molecule has 6 nitrogen and oxygen atoms in total. The lowest BCUT2D eigenvalue weighted by atomic mass is 9.89. The zero-order valence-electron chi connectivity index (χ0n) is 13.7. The van der Waals surface area contributed by atoms with Gasteiger partial charge in [0.1, 0.15) is 11.8 Å². The second kappa shape index (κ2) is 6.73. The lowest BCUT2D eigenvalue weighted by Crippen LogP contribution is -2.30. The van der Waals surface area contributed by atoms with Crippen molar-refractivity contribution in [3.05, 3.63) is 65.0 Å². The van der Waals surface area contributed by atoms with E-state index in [2.05, 4.69) is 4.98 Å². The van der Waals surface area contributed by atoms with Gasteiger partial charge in [0.2, 0.25) is 0 Å². The molecule has 0 spiro atoms. The summed E-state index contributed by atoms with van der Waals surface area (Å²) in [5, 5.41) is 18.5. The van der Waals surface area contributed by atoms with Gasteiger partial charge in [-0.3, -0.25) is 9.59 Å². The summed E-state index contributed by atoms with van der Waals surface area (Å²) in [4.78, 5) is 30.1. The third-order valence-electron chi connectivity index (χ3n) is 4.58. The van der Waals surface area contributed by atoms with Crippen LogP contribution in [0.15, 0.2) is 42.5 Å². The van der Waals surface area contributed by atoms with Crippen molar-refractivity contribution in [2.75, 3.05) is 13.1 Å². The van der Waals surface area contributed by atoms with E-state index in [9.17, 15) is 14.7 Å². The van der Waals surface area contributed by atoms with Gasteiger partial charge in [-0.25, -0.2) is 4.98 Å². The van der Waals surface area contributed by atoms with Crippen molar-refractivity contribution in [2.45, 2.75) is 12.8 Å². The standard InChI is InChI=1S/C19H17N3O3/c1-12-14(9-20)7-8-17(21-12)18(23)22-10-15(16(11-22)19(24)25)13-5-3-2-4-6-13/h2-8,15-16H,10-11H2,1H3,(H,24,25). The number of carbonyl (C=O) groups excluding carboxylic acids is 1. The van der Waals surface area contributed by atoms with Crippen LogP contribution in [-0.4, -0.2) is 40.0 Å². The fraction of sp³-hybridized carbons (Fsp3) is 0.263. The number of nitrogens with zero attached hydrogens (tertiary/aromatic N) is 3. The van der Waals surface area contributed by atoms with Crippen molar-refractivity contribution in [2.24, 2.45) is 5.92 Å². The van der Waals surface area contributed by atoms with Crippen LogP contribution in [-0.2, 0) is 4.79 Å². The largest absolute Gasteiger partial charge is 0.481 e. The number of carboxylic acid groups (broad SMARTS) is 1. The first kappa shape index (κ1) is 16.7. The van der Waals surface area contributed by atoms with Crippen molar-refractivity contribution < 1.29 is 14.7 Å². The summed E-state index contributed by atoms with van der Waals surface area (Å²) in [6, 6.07) is 14.5. The molecule has 1 aromatic carbocycles. The lowest BCUT2D eigenvalue weighted by Gasteiger charge is -2.16. The van der Waals surface area contributed by atoms with E-state index in [1.807, 2.05) is 36.4 Å². The zero-order chi connectivity index (χ0) is 18.0. The molecule has 6 heteroatoms. The normalized spacial score (nSPS) is 19.4. The quantitative estimate of drug-likeness (QED) is 0.928. The molecule has 1 aromatic heterocycles. The third kappa shape index (κ3) is 3.22. The Morgan fingerprint density at radius 1 is 1.20 bits per heavy atom. The van der Waals surface area contributed by atoms with Crippen molar-refractivity contribution in [1.29, 1.82) is 5.26 Å². The summed E-state index contributed by atoms with van der Waals surface area (Å²) < 4.78 is 0. The molecule has 0 aliphatic carbocycles. The third-order valence-corrected chi connectivity index (χ3v) is 4.58. The highest BCUT2D eigenvalue weighted by molar-refractivity contribution is 5.93. The molecule has 2 heterocycles. The van der Waals surface area contributed by atoms with E-state index in [-0.39, 0.29) is 24.1 Å². The number of rotatable bonds is 3. The Bertz CT molecular complexity index is 858. The van der Waals surface area contributed by atoms with Crippen molar-refractivity contribution in [3.8, 4) is 6.07 Å². The van der Waals surface area contributed by atoms with Crippen LogP contribution in [0.5, 0.6) is 0 Å². The molecular formula is C19H17N3O3. The summed E-state index contributed by atoms with van der Waals surface area (Å²) in [5.74, 6) is -2.11. The minimum absolute atomic E-state index is 0.147. The highest BCUT2D eigenvalue weighted by Crippen LogP contribution is 2.33. The highest BCUT2D eigenvalue weighted by Gasteiger charge is 2.40. The van der Waals surface area contributed by atoms with Crippen molar-refractivity contribution >= 4 is 11.9 Å². The van der Waals surface area contributed by atoms with Crippen LogP contribution in [0.25, 0.3) is 0 Å². The topological polar surface area (TPSA) is 94.3 Å². The number of hydrogen-bond acceptors (Lipinski definition) is 4. The van der Waals surface area contributed by atoms with Gasteiger partial charge in [0, 0.05) is 19.0 Å². The number of hydrogen-bond donors (Lipinski definition) is 1. The Kier molecular flexibility index (Phi) is 4.48. The first-order valence-electron chi connectivity index (χ1n) is 7.96. The summed E-state index contributed by atoms with van der Waals surface area (Å²) in [6.07, 6.45) is 0. The van der Waals surface area contributed by atoms with E-state index in [1.165, 1.54) is 11.0 Å². The predicted octanol–water partition coefficient (Wildman–Crippen LogP) is 2.20. The molecule has 2 unspecified atom stereocenters. The second-order valence-electron chi connectivity index (χ2n) is 6.11. The first-order chi connectivity index (χ1) is 12.0. The minimum Gasteiger partial charge on any atom is -0.481 e. The van der Waals surface area contributed by atoms with Crippen LogP contribution < -0.4 is 0 Å². The molecule has 1 amide bonds. The SMILES string of the molecule is Cc1nc(C(=O)N2CC(C(=O)O)C(c3ccccc3)C2)ccc1C#N. The molecule has 25 heavy (non-hydrogen) atoms. The molecule has 0 saturated carbocycles. The van der Waals surface area contributed by atoms with E-state index in [4.69, 9.17) is 5.26 Å². The number of amides is 1. The Morgan fingerprint density at radius 3 is 2.52 bits per heavy atom. The van der Waals surface area contributed by atoms with Gasteiger partial charge in [-0.1, -0.05) is 30.3 Å². The second-order valence-corrected chi connectivity index (χ2v) is 6.11. The average molecular weight is 335 g/mol. The molecule has 1 aliphatic heterocycles. The minimum atomic E-state index is -0.909. The molecule has 1 aliphatic rings. The van der Waals surface area contributed by atoms with Crippen LogP contribution in [0.3, 0.4) is 0 Å². The summed E-state index contributed by atoms with van der Waals surface area (Å²) in [6.45, 7) is 2.15.